The minimum Gasteiger partial charge on any atom is -0.371 e. The van der Waals surface area contributed by atoms with E-state index in [0.717, 1.165) is 6.61 Å². The molecule has 1 fully saturated rings. The fraction of sp³-hybridized carbons (Fsp3) is 0.429. The van der Waals surface area contributed by atoms with Crippen LogP contribution < -0.4 is 0 Å². The molecule has 1 heterocycles. The van der Waals surface area contributed by atoms with Crippen LogP contribution in [0, 0.1) is 0 Å². The molecule has 2 heteroatoms. The maximum atomic E-state index is 5.78. The minimum absolute atomic E-state index is 0.122. The van der Waals surface area contributed by atoms with Crippen LogP contribution in [-0.4, -0.2) is 19.3 Å². The number of hydrogen-bond acceptors (Lipinski definition) is 2. The number of epoxide rings is 1. The van der Waals surface area contributed by atoms with E-state index < -0.39 is 0 Å². The van der Waals surface area contributed by atoms with E-state index in [4.69, 9.17) is 9.47 Å². The standard InChI is InChI=1S/C14H18O2/c1-3-6-12-7-4-5-8-14(12)11(2)15-9-13-10-16-13/h3-8,11,13H,9-10H2,1-2H3/b6-3+/t11-,13+/m1/s1. The first kappa shape index (κ1) is 11.4. The molecule has 0 bridgehead atoms. The number of ether oxygens (including phenoxy) is 2. The first-order valence-electron chi connectivity index (χ1n) is 5.76. The monoisotopic (exact) mass is 218 g/mol. The highest BCUT2D eigenvalue weighted by Gasteiger charge is 2.23. The molecule has 2 rings (SSSR count). The van der Waals surface area contributed by atoms with Crippen molar-refractivity contribution < 1.29 is 9.47 Å². The van der Waals surface area contributed by atoms with Gasteiger partial charge in [0.15, 0.2) is 0 Å². The van der Waals surface area contributed by atoms with Gasteiger partial charge in [0, 0.05) is 0 Å². The fourth-order valence-corrected chi connectivity index (χ4v) is 1.72. The normalized spacial score (nSPS) is 21.2. The van der Waals surface area contributed by atoms with E-state index in [1.165, 1.54) is 11.1 Å². The Balaban J connectivity index is 2.04. The lowest BCUT2D eigenvalue weighted by atomic mass is 10.0. The zero-order valence-corrected chi connectivity index (χ0v) is 9.85. The Morgan fingerprint density at radius 2 is 2.25 bits per heavy atom. The second kappa shape index (κ2) is 5.28. The molecule has 0 unspecified atom stereocenters. The summed E-state index contributed by atoms with van der Waals surface area (Å²) in [4.78, 5) is 0. The Morgan fingerprint density at radius 1 is 1.50 bits per heavy atom. The van der Waals surface area contributed by atoms with Crippen LogP contribution in [0.2, 0.25) is 0 Å². The summed E-state index contributed by atoms with van der Waals surface area (Å²) in [6.07, 6.45) is 4.62. The smallest absolute Gasteiger partial charge is 0.104 e. The maximum Gasteiger partial charge on any atom is 0.104 e. The topological polar surface area (TPSA) is 21.8 Å². The molecular formula is C14H18O2. The Bertz CT molecular complexity index is 367. The molecule has 0 radical (unpaired) electrons. The van der Waals surface area contributed by atoms with Gasteiger partial charge in [0.2, 0.25) is 0 Å². The van der Waals surface area contributed by atoms with Crippen molar-refractivity contribution in [2.45, 2.75) is 26.1 Å². The van der Waals surface area contributed by atoms with Gasteiger partial charge in [-0.3, -0.25) is 0 Å². The Labute approximate surface area is 96.9 Å². The molecule has 1 aromatic rings. The van der Waals surface area contributed by atoms with Gasteiger partial charge in [0.05, 0.1) is 19.3 Å². The molecule has 1 aliphatic rings. The molecule has 16 heavy (non-hydrogen) atoms. The van der Waals surface area contributed by atoms with E-state index in [0.29, 0.717) is 12.7 Å². The van der Waals surface area contributed by atoms with E-state index in [2.05, 4.69) is 43.3 Å². The Morgan fingerprint density at radius 3 is 2.94 bits per heavy atom. The molecule has 86 valence electrons. The van der Waals surface area contributed by atoms with E-state index in [1.54, 1.807) is 0 Å². The van der Waals surface area contributed by atoms with Crippen molar-refractivity contribution in [3.8, 4) is 0 Å². The summed E-state index contributed by atoms with van der Waals surface area (Å²) >= 11 is 0. The van der Waals surface area contributed by atoms with Gasteiger partial charge >= 0.3 is 0 Å². The van der Waals surface area contributed by atoms with Crippen molar-refractivity contribution in [1.82, 2.24) is 0 Å². The summed E-state index contributed by atoms with van der Waals surface area (Å²) in [5.74, 6) is 0. The Kier molecular flexibility index (Phi) is 3.75. The van der Waals surface area contributed by atoms with Crippen LogP contribution in [0.3, 0.4) is 0 Å². The summed E-state index contributed by atoms with van der Waals surface area (Å²) in [7, 11) is 0. The molecule has 1 aliphatic heterocycles. The van der Waals surface area contributed by atoms with Crippen LogP contribution in [0.4, 0.5) is 0 Å². The quantitative estimate of drug-likeness (QED) is 0.708. The van der Waals surface area contributed by atoms with Crippen LogP contribution in [0.1, 0.15) is 31.1 Å². The molecular weight excluding hydrogens is 200 g/mol. The predicted molar refractivity (Wildman–Crippen MR) is 65.3 cm³/mol. The third-order valence-electron chi connectivity index (χ3n) is 2.71. The van der Waals surface area contributed by atoms with E-state index in [-0.39, 0.29) is 6.10 Å². The van der Waals surface area contributed by atoms with Gasteiger partial charge in [-0.25, -0.2) is 0 Å². The third kappa shape index (κ3) is 2.94. The van der Waals surface area contributed by atoms with E-state index in [1.807, 2.05) is 6.92 Å². The highest BCUT2D eigenvalue weighted by molar-refractivity contribution is 5.54. The predicted octanol–water partition coefficient (Wildman–Crippen LogP) is 3.20. The SMILES string of the molecule is C/C=C/c1ccccc1[C@@H](C)OC[C@H]1CO1. The molecule has 1 saturated heterocycles. The average molecular weight is 218 g/mol. The number of benzene rings is 1. The summed E-state index contributed by atoms with van der Waals surface area (Å²) in [5, 5.41) is 0. The van der Waals surface area contributed by atoms with Crippen molar-refractivity contribution >= 4 is 6.08 Å². The van der Waals surface area contributed by atoms with Crippen molar-refractivity contribution in [3.63, 3.8) is 0 Å². The van der Waals surface area contributed by atoms with Crippen molar-refractivity contribution in [2.75, 3.05) is 13.2 Å². The lowest BCUT2D eigenvalue weighted by molar-refractivity contribution is 0.0538. The van der Waals surface area contributed by atoms with Crippen LogP contribution in [0.15, 0.2) is 30.3 Å². The van der Waals surface area contributed by atoms with Gasteiger partial charge in [-0.05, 0) is 25.0 Å². The molecule has 0 spiro atoms. The third-order valence-corrected chi connectivity index (χ3v) is 2.71. The van der Waals surface area contributed by atoms with Gasteiger partial charge in [-0.2, -0.15) is 0 Å². The van der Waals surface area contributed by atoms with Crippen LogP contribution in [0.25, 0.3) is 6.08 Å². The van der Waals surface area contributed by atoms with Crippen molar-refractivity contribution in [1.29, 1.82) is 0 Å². The first-order valence-corrected chi connectivity index (χ1v) is 5.76. The molecule has 0 amide bonds. The van der Waals surface area contributed by atoms with E-state index >= 15 is 0 Å². The average Bonchev–Trinajstić information content (AvgIpc) is 3.11. The summed E-state index contributed by atoms with van der Waals surface area (Å²) in [6.45, 7) is 5.67. The van der Waals surface area contributed by atoms with Gasteiger partial charge in [0.1, 0.15) is 6.10 Å². The second-order valence-electron chi connectivity index (χ2n) is 4.06. The Hall–Kier alpha value is -1.12. The molecule has 2 atom stereocenters. The van der Waals surface area contributed by atoms with Crippen LogP contribution >= 0.6 is 0 Å². The first-order chi connectivity index (χ1) is 7.81. The molecule has 2 nitrogen and oxygen atoms in total. The second-order valence-corrected chi connectivity index (χ2v) is 4.06. The van der Waals surface area contributed by atoms with Gasteiger partial charge in [-0.1, -0.05) is 36.4 Å². The summed E-state index contributed by atoms with van der Waals surface area (Å²) in [5.41, 5.74) is 2.47. The number of hydrogen-bond donors (Lipinski definition) is 0. The highest BCUT2D eigenvalue weighted by Crippen LogP contribution is 2.23. The number of allylic oxidation sites excluding steroid dienone is 1. The zero-order chi connectivity index (χ0) is 11.4. The minimum atomic E-state index is 0.122. The zero-order valence-electron chi connectivity index (χ0n) is 9.85. The van der Waals surface area contributed by atoms with E-state index in [9.17, 15) is 0 Å². The van der Waals surface area contributed by atoms with Gasteiger partial charge in [-0.15, -0.1) is 0 Å². The van der Waals surface area contributed by atoms with Crippen molar-refractivity contribution in [3.05, 3.63) is 41.5 Å². The van der Waals surface area contributed by atoms with Gasteiger partial charge in [0.25, 0.3) is 0 Å². The van der Waals surface area contributed by atoms with Crippen LogP contribution in [0.5, 0.6) is 0 Å². The van der Waals surface area contributed by atoms with Crippen molar-refractivity contribution in [2.24, 2.45) is 0 Å². The molecule has 0 aliphatic carbocycles. The molecule has 1 aromatic carbocycles. The lowest BCUT2D eigenvalue weighted by Gasteiger charge is -2.15. The number of rotatable bonds is 5. The molecule has 0 aromatic heterocycles. The lowest BCUT2D eigenvalue weighted by Crippen LogP contribution is -2.07. The maximum absolute atomic E-state index is 5.78. The summed E-state index contributed by atoms with van der Waals surface area (Å²) in [6, 6.07) is 8.34. The molecule has 0 saturated carbocycles. The van der Waals surface area contributed by atoms with Gasteiger partial charge < -0.3 is 9.47 Å². The summed E-state index contributed by atoms with van der Waals surface area (Å²) < 4.78 is 10.9. The largest absolute Gasteiger partial charge is 0.371 e. The van der Waals surface area contributed by atoms with Crippen LogP contribution in [-0.2, 0) is 9.47 Å². The molecule has 0 N–H and O–H groups in total. The highest BCUT2D eigenvalue weighted by atomic mass is 16.6. The fourth-order valence-electron chi connectivity index (χ4n) is 1.72.